The number of hydrogen-bond donors (Lipinski definition) is 1. The quantitative estimate of drug-likeness (QED) is 0.303. The number of nitrogens with zero attached hydrogens (tertiary/aromatic N) is 1. The summed E-state index contributed by atoms with van der Waals surface area (Å²) < 4.78 is 52.4. The van der Waals surface area contributed by atoms with E-state index >= 15 is 0 Å². The molecule has 1 heterocycles. The van der Waals surface area contributed by atoms with E-state index < -0.39 is 17.2 Å². The monoisotopic (exact) mass is 524 g/mol. The number of carbonyl (C=O) groups excluding carboxylic acids is 2. The molecule has 0 aromatic heterocycles. The molecule has 1 aliphatic heterocycles. The van der Waals surface area contributed by atoms with E-state index in [0.717, 1.165) is 17.7 Å². The number of halogens is 4. The molecule has 0 radical (unpaired) electrons. The Bertz CT molecular complexity index is 1280. The molecule has 0 saturated carbocycles. The third-order valence-corrected chi connectivity index (χ3v) is 6.89. The highest BCUT2D eigenvalue weighted by atomic mass is 19.4. The summed E-state index contributed by atoms with van der Waals surface area (Å²) in [5.74, 6) is -0.801. The van der Waals surface area contributed by atoms with Crippen LogP contribution in [0.4, 0.5) is 17.6 Å². The zero-order valence-corrected chi connectivity index (χ0v) is 20.7. The first kappa shape index (κ1) is 27.1. The van der Waals surface area contributed by atoms with Gasteiger partial charge in [0.1, 0.15) is 5.82 Å². The topological polar surface area (TPSA) is 49.4 Å². The molecule has 0 aliphatic carbocycles. The van der Waals surface area contributed by atoms with Crippen molar-refractivity contribution < 1.29 is 27.2 Å². The highest BCUT2D eigenvalue weighted by Gasteiger charge is 2.42. The van der Waals surface area contributed by atoms with Crippen LogP contribution in [0, 0.1) is 11.2 Å². The second-order valence-corrected chi connectivity index (χ2v) is 9.53. The minimum Gasteiger partial charge on any atom is -0.352 e. The highest BCUT2D eigenvalue weighted by molar-refractivity contribution is 5.92. The molecule has 198 valence electrons. The van der Waals surface area contributed by atoms with Crippen LogP contribution < -0.4 is 5.32 Å². The van der Waals surface area contributed by atoms with E-state index in [1.807, 2.05) is 30.3 Å². The van der Waals surface area contributed by atoms with Gasteiger partial charge in [-0.2, -0.15) is 13.2 Å². The van der Waals surface area contributed by atoms with E-state index in [0.29, 0.717) is 43.5 Å². The summed E-state index contributed by atoms with van der Waals surface area (Å²) in [7, 11) is 0. The van der Waals surface area contributed by atoms with Gasteiger partial charge in [0, 0.05) is 25.7 Å². The molecule has 1 fully saturated rings. The fourth-order valence-corrected chi connectivity index (χ4v) is 4.70. The first-order valence-electron chi connectivity index (χ1n) is 12.4. The number of carbonyl (C=O) groups is 2. The van der Waals surface area contributed by atoms with Gasteiger partial charge in [-0.05, 0) is 66.3 Å². The maximum atomic E-state index is 13.5. The molecule has 2 amide bonds. The van der Waals surface area contributed by atoms with Gasteiger partial charge >= 0.3 is 6.18 Å². The third-order valence-electron chi connectivity index (χ3n) is 6.89. The van der Waals surface area contributed by atoms with Crippen molar-refractivity contribution in [2.75, 3.05) is 13.1 Å². The number of alkyl halides is 3. The van der Waals surface area contributed by atoms with Gasteiger partial charge in [-0.1, -0.05) is 54.6 Å². The average Bonchev–Trinajstić information content (AvgIpc) is 2.92. The maximum Gasteiger partial charge on any atom is 0.416 e. The summed E-state index contributed by atoms with van der Waals surface area (Å²) in [5.41, 5.74) is 0.465. The SMILES string of the molecule is O=C(/C=C/c1ccc(F)cc1)N1CCC(Cc2ccccc2)(C(=O)NCc2cccc(C(F)(F)F)c2)CC1. The lowest BCUT2D eigenvalue weighted by Gasteiger charge is -2.40. The van der Waals surface area contributed by atoms with Crippen LogP contribution in [0.2, 0.25) is 0 Å². The molecule has 3 aromatic carbocycles. The molecule has 0 unspecified atom stereocenters. The van der Waals surface area contributed by atoms with Crippen LogP contribution in [0.1, 0.15) is 35.1 Å². The fourth-order valence-electron chi connectivity index (χ4n) is 4.70. The molecule has 4 nitrogen and oxygen atoms in total. The molecule has 1 aliphatic rings. The standard InChI is InChI=1S/C30H28F4N2O2/c31-26-12-9-22(10-13-26)11-14-27(37)36-17-15-29(16-18-36,20-23-5-2-1-3-6-23)28(38)35-21-24-7-4-8-25(19-24)30(32,33)34/h1-14,19H,15-18,20-21H2,(H,35,38)/b14-11+. The number of likely N-dealkylation sites (tertiary alicyclic amines) is 1. The summed E-state index contributed by atoms with van der Waals surface area (Å²) in [4.78, 5) is 28.0. The van der Waals surface area contributed by atoms with Gasteiger partial charge in [0.15, 0.2) is 0 Å². The predicted molar refractivity (Wildman–Crippen MR) is 137 cm³/mol. The minimum absolute atomic E-state index is 0.0255. The van der Waals surface area contributed by atoms with Gasteiger partial charge in [-0.25, -0.2) is 4.39 Å². The van der Waals surface area contributed by atoms with Crippen molar-refractivity contribution in [1.29, 1.82) is 0 Å². The molecule has 0 atom stereocenters. The zero-order chi connectivity index (χ0) is 27.2. The van der Waals surface area contributed by atoms with E-state index in [2.05, 4.69) is 5.32 Å². The van der Waals surface area contributed by atoms with Crippen molar-refractivity contribution in [2.24, 2.45) is 5.41 Å². The smallest absolute Gasteiger partial charge is 0.352 e. The summed E-state index contributed by atoms with van der Waals surface area (Å²) in [6, 6.07) is 20.3. The van der Waals surface area contributed by atoms with E-state index in [4.69, 9.17) is 0 Å². The van der Waals surface area contributed by atoms with E-state index in [-0.39, 0.29) is 24.2 Å². The Morgan fingerprint density at radius 3 is 2.21 bits per heavy atom. The van der Waals surface area contributed by atoms with Gasteiger partial charge < -0.3 is 10.2 Å². The lowest BCUT2D eigenvalue weighted by molar-refractivity contribution is -0.138. The second kappa shape index (κ2) is 11.6. The molecule has 0 bridgehead atoms. The van der Waals surface area contributed by atoms with Crippen LogP contribution >= 0.6 is 0 Å². The third kappa shape index (κ3) is 6.88. The van der Waals surface area contributed by atoms with Crippen LogP contribution in [0.25, 0.3) is 6.08 Å². The number of hydrogen-bond acceptors (Lipinski definition) is 2. The Morgan fingerprint density at radius 2 is 1.55 bits per heavy atom. The van der Waals surface area contributed by atoms with E-state index in [1.165, 1.54) is 24.3 Å². The Kier molecular flexibility index (Phi) is 8.29. The second-order valence-electron chi connectivity index (χ2n) is 9.53. The van der Waals surface area contributed by atoms with Gasteiger partial charge in [0.05, 0.1) is 11.0 Å². The van der Waals surface area contributed by atoms with Gasteiger partial charge in [-0.3, -0.25) is 9.59 Å². The molecule has 1 N–H and O–H groups in total. The van der Waals surface area contributed by atoms with Crippen molar-refractivity contribution in [2.45, 2.75) is 32.0 Å². The predicted octanol–water partition coefficient (Wildman–Crippen LogP) is 6.03. The lowest BCUT2D eigenvalue weighted by atomic mass is 9.73. The highest BCUT2D eigenvalue weighted by Crippen LogP contribution is 2.36. The molecular weight excluding hydrogens is 496 g/mol. The van der Waals surface area contributed by atoms with Crippen LogP contribution in [-0.4, -0.2) is 29.8 Å². The fraction of sp³-hybridized carbons (Fsp3) is 0.267. The largest absolute Gasteiger partial charge is 0.416 e. The number of benzene rings is 3. The summed E-state index contributed by atoms with van der Waals surface area (Å²) in [6.45, 7) is 0.690. The van der Waals surface area contributed by atoms with Crippen molar-refractivity contribution in [3.63, 3.8) is 0 Å². The maximum absolute atomic E-state index is 13.5. The number of piperidine rings is 1. The molecule has 8 heteroatoms. The zero-order valence-electron chi connectivity index (χ0n) is 20.7. The van der Waals surface area contributed by atoms with E-state index in [9.17, 15) is 27.2 Å². The van der Waals surface area contributed by atoms with Crippen LogP contribution in [0.15, 0.2) is 84.9 Å². The van der Waals surface area contributed by atoms with Crippen molar-refractivity contribution in [3.05, 3.63) is 113 Å². The number of rotatable bonds is 7. The summed E-state index contributed by atoms with van der Waals surface area (Å²) in [5, 5.41) is 2.85. The molecular formula is C30H28F4N2O2. The first-order valence-corrected chi connectivity index (χ1v) is 12.4. The van der Waals surface area contributed by atoms with Gasteiger partial charge in [-0.15, -0.1) is 0 Å². The Balaban J connectivity index is 1.45. The van der Waals surface area contributed by atoms with Crippen LogP contribution in [0.3, 0.4) is 0 Å². The Morgan fingerprint density at radius 1 is 0.895 bits per heavy atom. The summed E-state index contributed by atoms with van der Waals surface area (Å²) >= 11 is 0. The molecule has 4 rings (SSSR count). The van der Waals surface area contributed by atoms with Gasteiger partial charge in [0.2, 0.25) is 11.8 Å². The van der Waals surface area contributed by atoms with Crippen molar-refractivity contribution >= 4 is 17.9 Å². The van der Waals surface area contributed by atoms with Gasteiger partial charge in [0.25, 0.3) is 0 Å². The van der Waals surface area contributed by atoms with Crippen LogP contribution in [0.5, 0.6) is 0 Å². The Hall–Kier alpha value is -3.94. The average molecular weight is 525 g/mol. The molecule has 1 saturated heterocycles. The molecule has 3 aromatic rings. The first-order chi connectivity index (χ1) is 18.1. The summed E-state index contributed by atoms with van der Waals surface area (Å²) in [6.07, 6.45) is -0.131. The number of amides is 2. The lowest BCUT2D eigenvalue weighted by Crippen LogP contribution is -2.51. The normalized spacial score (nSPS) is 15.4. The molecule has 0 spiro atoms. The number of nitrogens with one attached hydrogen (secondary N) is 1. The van der Waals surface area contributed by atoms with Crippen LogP contribution in [-0.2, 0) is 28.7 Å². The van der Waals surface area contributed by atoms with Crippen molar-refractivity contribution in [1.82, 2.24) is 10.2 Å². The molecule has 38 heavy (non-hydrogen) atoms. The van der Waals surface area contributed by atoms with E-state index in [1.54, 1.807) is 29.2 Å². The Labute approximate surface area is 219 Å². The minimum atomic E-state index is -4.46. The van der Waals surface area contributed by atoms with Crippen molar-refractivity contribution in [3.8, 4) is 0 Å².